The van der Waals surface area contributed by atoms with Crippen LogP contribution in [0.5, 0.6) is 0 Å². The first-order valence-electron chi connectivity index (χ1n) is 15.6. The number of ether oxygens (including phenoxy) is 5. The summed E-state index contributed by atoms with van der Waals surface area (Å²) in [6, 6.07) is 10.6. The van der Waals surface area contributed by atoms with Gasteiger partial charge in [0.25, 0.3) is 0 Å². The van der Waals surface area contributed by atoms with E-state index in [1.807, 2.05) is 18.2 Å². The average molecular weight is 718 g/mol. The fourth-order valence-electron chi connectivity index (χ4n) is 5.96. The van der Waals surface area contributed by atoms with Crippen LogP contribution in [0.2, 0.25) is 30.5 Å². The molecule has 13 heteroatoms. The van der Waals surface area contributed by atoms with E-state index in [0.29, 0.717) is 26.2 Å². The van der Waals surface area contributed by atoms with Gasteiger partial charge in [-0.05, 0) is 0 Å². The molecule has 0 spiro atoms. The van der Waals surface area contributed by atoms with Crippen LogP contribution in [0.1, 0.15) is 25.7 Å². The standard InChI is InChI=1S/C31H50N2O8SSeSi/c1-32-20-27(35)33-24(29(40-22-38-16-15-37-2)25(21-34)43-23-11-7-6-8-12-23)19-26(41-28-13-9-10-14-39-28)31(33,30(32)36)42-17-18-44(3,4)5/h6-8,11-12,24-26,28-29,34H,9-10,13-22H2,1-5H3/t24-,25?,26-,28?,29+,31+/m0/s1. The second-order valence-electron chi connectivity index (χ2n) is 12.8. The molecule has 3 saturated heterocycles. The van der Waals surface area contributed by atoms with Gasteiger partial charge in [0.1, 0.15) is 0 Å². The Hall–Kier alpha value is -0.994. The summed E-state index contributed by atoms with van der Waals surface area (Å²) in [5.41, 5.74) is 0. The van der Waals surface area contributed by atoms with Crippen LogP contribution in [-0.2, 0) is 33.3 Å². The normalized spacial score (nSPS) is 27.5. The van der Waals surface area contributed by atoms with Crippen molar-refractivity contribution < 1.29 is 38.4 Å². The second-order valence-corrected chi connectivity index (χ2v) is 22.5. The van der Waals surface area contributed by atoms with Crippen molar-refractivity contribution in [2.24, 2.45) is 0 Å². The van der Waals surface area contributed by atoms with E-state index >= 15 is 0 Å². The van der Waals surface area contributed by atoms with E-state index < -0.39 is 37.5 Å². The van der Waals surface area contributed by atoms with Crippen molar-refractivity contribution in [3.63, 3.8) is 0 Å². The number of methoxy groups -OCH3 is 1. The fourth-order valence-corrected chi connectivity index (χ4v) is 12.5. The van der Waals surface area contributed by atoms with E-state index in [4.69, 9.17) is 23.7 Å². The molecule has 3 fully saturated rings. The van der Waals surface area contributed by atoms with Gasteiger partial charge < -0.3 is 0 Å². The zero-order chi connectivity index (χ0) is 31.7. The Morgan fingerprint density at radius 1 is 1.18 bits per heavy atom. The number of rotatable bonds is 17. The number of likely N-dealkylation sites (N-methyl/N-ethyl adjacent to an activating group) is 1. The third-order valence-electron chi connectivity index (χ3n) is 8.24. The molecule has 0 aromatic heterocycles. The van der Waals surface area contributed by atoms with Crippen LogP contribution in [0.15, 0.2) is 30.3 Å². The molecule has 1 aromatic carbocycles. The predicted molar refractivity (Wildman–Crippen MR) is 175 cm³/mol. The van der Waals surface area contributed by atoms with Crippen molar-refractivity contribution in [1.82, 2.24) is 9.80 Å². The number of piperazine rings is 1. The topological polar surface area (TPSA) is 107 Å². The molecule has 1 N–H and O–H groups in total. The number of hydrogen-bond acceptors (Lipinski definition) is 9. The molecule has 44 heavy (non-hydrogen) atoms. The molecule has 0 radical (unpaired) electrons. The minimum absolute atomic E-state index is 0.0109. The van der Waals surface area contributed by atoms with Crippen LogP contribution in [-0.4, -0.2) is 139 Å². The minimum atomic E-state index is -1.44. The first-order chi connectivity index (χ1) is 21.1. The number of aliphatic hydroxyl groups is 1. The molecular formula is C31H50N2O8SSeSi. The second kappa shape index (κ2) is 16.7. The van der Waals surface area contributed by atoms with Crippen LogP contribution in [0, 0.1) is 0 Å². The van der Waals surface area contributed by atoms with E-state index in [1.165, 1.54) is 0 Å². The van der Waals surface area contributed by atoms with Crippen LogP contribution in [0.25, 0.3) is 0 Å². The van der Waals surface area contributed by atoms with Crippen molar-refractivity contribution in [3.8, 4) is 0 Å². The van der Waals surface area contributed by atoms with Gasteiger partial charge in [0.05, 0.1) is 0 Å². The number of benzene rings is 1. The van der Waals surface area contributed by atoms with Gasteiger partial charge in [0, 0.05) is 0 Å². The molecule has 0 bridgehead atoms. The average Bonchev–Trinajstić information content (AvgIpc) is 3.32. The third kappa shape index (κ3) is 8.87. The Morgan fingerprint density at radius 3 is 2.61 bits per heavy atom. The number of thioether (sulfide) groups is 1. The number of carbonyl (C=O) groups excluding carboxylic acids is 2. The van der Waals surface area contributed by atoms with Crippen molar-refractivity contribution in [2.75, 3.05) is 59.7 Å². The van der Waals surface area contributed by atoms with E-state index in [1.54, 1.807) is 35.7 Å². The Balaban J connectivity index is 1.73. The van der Waals surface area contributed by atoms with E-state index in [0.717, 1.165) is 35.5 Å². The maximum absolute atomic E-state index is 14.4. The van der Waals surface area contributed by atoms with Gasteiger partial charge in [-0.2, -0.15) is 0 Å². The predicted octanol–water partition coefficient (Wildman–Crippen LogP) is 2.56. The quantitative estimate of drug-likeness (QED) is 0.148. The summed E-state index contributed by atoms with van der Waals surface area (Å²) in [5.74, 6) is 0.483. The Kier molecular flexibility index (Phi) is 13.6. The van der Waals surface area contributed by atoms with Crippen molar-refractivity contribution in [1.29, 1.82) is 0 Å². The van der Waals surface area contributed by atoms with Crippen LogP contribution in [0.4, 0.5) is 0 Å². The van der Waals surface area contributed by atoms with Crippen molar-refractivity contribution in [2.45, 2.75) is 85.6 Å². The number of aliphatic hydroxyl groups excluding tert-OH is 1. The maximum atomic E-state index is 14.4. The summed E-state index contributed by atoms with van der Waals surface area (Å²) in [5, 5.41) is 10.8. The molecule has 10 nitrogen and oxygen atoms in total. The first-order valence-corrected chi connectivity index (χ1v) is 22.1. The summed E-state index contributed by atoms with van der Waals surface area (Å²) in [6.45, 7) is 8.18. The van der Waals surface area contributed by atoms with Gasteiger partial charge in [-0.25, -0.2) is 0 Å². The molecule has 2 unspecified atom stereocenters. The molecule has 3 aliphatic heterocycles. The first kappa shape index (κ1) is 35.9. The Bertz CT molecular complexity index is 1060. The summed E-state index contributed by atoms with van der Waals surface area (Å²) in [4.78, 5) is 30.3. The monoisotopic (exact) mass is 718 g/mol. The van der Waals surface area contributed by atoms with Crippen molar-refractivity contribution >= 4 is 51.1 Å². The van der Waals surface area contributed by atoms with Crippen LogP contribution in [0.3, 0.4) is 0 Å². The van der Waals surface area contributed by atoms with Gasteiger partial charge in [-0.3, -0.25) is 0 Å². The molecular weight excluding hydrogens is 667 g/mol. The summed E-state index contributed by atoms with van der Waals surface area (Å²) >= 11 is 1.37. The Labute approximate surface area is 274 Å². The molecule has 4 rings (SSSR count). The van der Waals surface area contributed by atoms with Gasteiger partial charge in [-0.1, -0.05) is 0 Å². The van der Waals surface area contributed by atoms with Gasteiger partial charge in [0.15, 0.2) is 0 Å². The van der Waals surface area contributed by atoms with Gasteiger partial charge in [0.2, 0.25) is 0 Å². The van der Waals surface area contributed by atoms with Crippen LogP contribution < -0.4 is 4.46 Å². The SMILES string of the molecule is COCCOCO[C@@H](C(CO)[Se]c1ccccc1)[C@@H]1C[C@H](OC2CCCCO2)[C@@]2(SCC[Si](C)(C)C)C(=O)N(C)CC(=O)N12. The molecule has 0 saturated carbocycles. The van der Waals surface area contributed by atoms with E-state index in [9.17, 15) is 14.7 Å². The third-order valence-corrected chi connectivity index (χ3v) is 14.5. The zero-order valence-electron chi connectivity index (χ0n) is 26.8. The molecule has 6 atom stereocenters. The molecule has 3 heterocycles. The molecule has 1 aromatic rings. The fraction of sp³-hybridized carbons (Fsp3) is 0.742. The summed E-state index contributed by atoms with van der Waals surface area (Å²) in [7, 11) is 1.87. The summed E-state index contributed by atoms with van der Waals surface area (Å²) < 4.78 is 31.2. The van der Waals surface area contributed by atoms with E-state index in [-0.39, 0.29) is 51.5 Å². The van der Waals surface area contributed by atoms with Gasteiger partial charge >= 0.3 is 275 Å². The number of amides is 2. The Morgan fingerprint density at radius 2 is 1.95 bits per heavy atom. The van der Waals surface area contributed by atoms with Crippen LogP contribution >= 0.6 is 11.8 Å². The molecule has 2 amide bonds. The zero-order valence-corrected chi connectivity index (χ0v) is 30.3. The van der Waals surface area contributed by atoms with Crippen molar-refractivity contribution in [3.05, 3.63) is 30.3 Å². The van der Waals surface area contributed by atoms with Gasteiger partial charge in [-0.15, -0.1) is 0 Å². The molecule has 0 aliphatic carbocycles. The number of hydrogen-bond donors (Lipinski definition) is 1. The number of fused-ring (bicyclic) bond motifs is 1. The molecule has 3 aliphatic rings. The number of nitrogens with zero attached hydrogens (tertiary/aromatic N) is 2. The van der Waals surface area contributed by atoms with E-state index in [2.05, 4.69) is 31.8 Å². The number of carbonyl (C=O) groups is 2. The summed E-state index contributed by atoms with van der Waals surface area (Å²) in [6.07, 6.45) is 1.51. The molecule has 248 valence electrons.